The van der Waals surface area contributed by atoms with E-state index in [0.717, 1.165) is 35.4 Å². The van der Waals surface area contributed by atoms with E-state index in [-0.39, 0.29) is 0 Å². The van der Waals surface area contributed by atoms with Gasteiger partial charge >= 0.3 is 0 Å². The predicted octanol–water partition coefficient (Wildman–Crippen LogP) is 5.40. The Morgan fingerprint density at radius 1 is 0.700 bits per heavy atom. The van der Waals surface area contributed by atoms with E-state index < -0.39 is 0 Å². The molecule has 0 aliphatic heterocycles. The first-order chi connectivity index (χ1) is 14.7. The minimum absolute atomic E-state index is 0.497. The van der Waals surface area contributed by atoms with E-state index in [2.05, 4.69) is 53.5 Å². The van der Waals surface area contributed by atoms with Crippen LogP contribution in [-0.2, 0) is 0 Å². The van der Waals surface area contributed by atoms with Gasteiger partial charge in [-0.05, 0) is 68.0 Å². The van der Waals surface area contributed by atoms with Crippen LogP contribution in [0.4, 0.5) is 0 Å². The number of ether oxygens (including phenoxy) is 1. The van der Waals surface area contributed by atoms with Gasteiger partial charge in [-0.3, -0.25) is 0 Å². The van der Waals surface area contributed by atoms with Crippen LogP contribution in [0, 0.1) is 0 Å². The van der Waals surface area contributed by atoms with E-state index in [1.807, 2.05) is 54.6 Å². The van der Waals surface area contributed by atoms with Gasteiger partial charge in [0.25, 0.3) is 0 Å². The third-order valence-electron chi connectivity index (χ3n) is 4.78. The summed E-state index contributed by atoms with van der Waals surface area (Å²) >= 11 is 0. The molecule has 0 aliphatic rings. The topological polar surface area (TPSA) is 51.4 Å². The summed E-state index contributed by atoms with van der Waals surface area (Å²) < 4.78 is 11.7. The first-order valence-corrected chi connectivity index (χ1v) is 10.1. The quantitative estimate of drug-likeness (QED) is 0.371. The minimum atomic E-state index is 0.497. The van der Waals surface area contributed by atoms with E-state index in [1.165, 1.54) is 5.56 Å². The van der Waals surface area contributed by atoms with E-state index in [0.29, 0.717) is 18.4 Å². The Bertz CT molecular complexity index is 1060. The molecule has 0 unspecified atom stereocenters. The van der Waals surface area contributed by atoms with E-state index in [1.54, 1.807) is 0 Å². The van der Waals surface area contributed by atoms with Crippen LogP contribution in [0.2, 0.25) is 0 Å². The molecule has 3 aromatic carbocycles. The van der Waals surface area contributed by atoms with Crippen molar-refractivity contribution in [1.82, 2.24) is 15.1 Å². The number of nitrogens with zero attached hydrogens (tertiary/aromatic N) is 3. The van der Waals surface area contributed by atoms with Gasteiger partial charge in [-0.25, -0.2) is 0 Å². The first kappa shape index (κ1) is 19.9. The smallest absolute Gasteiger partial charge is 0.248 e. The monoisotopic (exact) mass is 399 g/mol. The fourth-order valence-electron chi connectivity index (χ4n) is 3.16. The Hall–Kier alpha value is -3.44. The second kappa shape index (κ2) is 9.37. The van der Waals surface area contributed by atoms with Crippen LogP contribution in [0.3, 0.4) is 0 Å². The number of rotatable bonds is 8. The van der Waals surface area contributed by atoms with E-state index >= 15 is 0 Å². The van der Waals surface area contributed by atoms with Crippen molar-refractivity contribution in [3.05, 3.63) is 78.9 Å². The third-order valence-corrected chi connectivity index (χ3v) is 4.78. The van der Waals surface area contributed by atoms with Crippen LogP contribution in [0.1, 0.15) is 6.42 Å². The minimum Gasteiger partial charge on any atom is -0.494 e. The van der Waals surface area contributed by atoms with Gasteiger partial charge in [0, 0.05) is 17.7 Å². The molecule has 0 radical (unpaired) electrons. The molecule has 0 atom stereocenters. The van der Waals surface area contributed by atoms with Crippen LogP contribution in [0.25, 0.3) is 34.0 Å². The van der Waals surface area contributed by atoms with Crippen molar-refractivity contribution in [3.8, 4) is 39.8 Å². The molecule has 5 heteroatoms. The molecule has 152 valence electrons. The lowest BCUT2D eigenvalue weighted by Crippen LogP contribution is -2.15. The largest absolute Gasteiger partial charge is 0.494 e. The fourth-order valence-corrected chi connectivity index (χ4v) is 3.16. The van der Waals surface area contributed by atoms with Gasteiger partial charge in [-0.15, -0.1) is 10.2 Å². The summed E-state index contributed by atoms with van der Waals surface area (Å²) in [6, 6.07) is 26.2. The molecule has 1 aromatic heterocycles. The van der Waals surface area contributed by atoms with Gasteiger partial charge in [-0.1, -0.05) is 42.5 Å². The molecule has 1 heterocycles. The zero-order valence-corrected chi connectivity index (χ0v) is 17.3. The van der Waals surface area contributed by atoms with Crippen molar-refractivity contribution in [1.29, 1.82) is 0 Å². The Morgan fingerprint density at radius 3 is 1.83 bits per heavy atom. The highest BCUT2D eigenvalue weighted by molar-refractivity contribution is 5.67. The van der Waals surface area contributed by atoms with Crippen LogP contribution in [-0.4, -0.2) is 42.3 Å². The lowest BCUT2D eigenvalue weighted by molar-refractivity contribution is 0.281. The van der Waals surface area contributed by atoms with Crippen molar-refractivity contribution >= 4 is 0 Å². The van der Waals surface area contributed by atoms with Gasteiger partial charge in [-0.2, -0.15) is 0 Å². The van der Waals surface area contributed by atoms with Crippen molar-refractivity contribution < 1.29 is 9.15 Å². The summed E-state index contributed by atoms with van der Waals surface area (Å²) in [7, 11) is 4.12. The van der Waals surface area contributed by atoms with Gasteiger partial charge < -0.3 is 14.1 Å². The van der Waals surface area contributed by atoms with Crippen LogP contribution >= 0.6 is 0 Å². The zero-order valence-electron chi connectivity index (χ0n) is 17.3. The SMILES string of the molecule is CN(C)CCCOc1ccc(-c2nnc(-c3ccc(-c4ccccc4)cc3)o2)cc1. The van der Waals surface area contributed by atoms with Crippen LogP contribution < -0.4 is 4.74 Å². The molecule has 0 N–H and O–H groups in total. The number of benzene rings is 3. The molecular weight excluding hydrogens is 374 g/mol. The average molecular weight is 399 g/mol. The molecule has 0 spiro atoms. The van der Waals surface area contributed by atoms with Crippen molar-refractivity contribution in [2.75, 3.05) is 27.2 Å². The van der Waals surface area contributed by atoms with Gasteiger partial charge in [0.2, 0.25) is 11.8 Å². The van der Waals surface area contributed by atoms with Crippen LogP contribution in [0.15, 0.2) is 83.3 Å². The fraction of sp³-hybridized carbons (Fsp3) is 0.200. The van der Waals surface area contributed by atoms with E-state index in [4.69, 9.17) is 9.15 Å². The van der Waals surface area contributed by atoms with Crippen molar-refractivity contribution in [2.45, 2.75) is 6.42 Å². The maximum atomic E-state index is 5.90. The molecule has 0 aliphatic carbocycles. The third kappa shape index (κ3) is 4.93. The molecule has 4 rings (SSSR count). The second-order valence-corrected chi connectivity index (χ2v) is 7.39. The number of aromatic nitrogens is 2. The highest BCUT2D eigenvalue weighted by Gasteiger charge is 2.11. The lowest BCUT2D eigenvalue weighted by Gasteiger charge is -2.10. The van der Waals surface area contributed by atoms with Gasteiger partial charge in [0.05, 0.1) is 6.61 Å². The average Bonchev–Trinajstić information content (AvgIpc) is 3.28. The molecular formula is C25H25N3O2. The van der Waals surface area contributed by atoms with Crippen molar-refractivity contribution in [3.63, 3.8) is 0 Å². The Labute approximate surface area is 177 Å². The van der Waals surface area contributed by atoms with Crippen molar-refractivity contribution in [2.24, 2.45) is 0 Å². The highest BCUT2D eigenvalue weighted by Crippen LogP contribution is 2.27. The molecule has 0 amide bonds. The van der Waals surface area contributed by atoms with Crippen LogP contribution in [0.5, 0.6) is 5.75 Å². The Kier molecular flexibility index (Phi) is 6.20. The summed E-state index contributed by atoms with van der Waals surface area (Å²) in [6.07, 6.45) is 0.991. The summed E-state index contributed by atoms with van der Waals surface area (Å²) in [4.78, 5) is 2.15. The summed E-state index contributed by atoms with van der Waals surface area (Å²) in [5.74, 6) is 1.85. The summed E-state index contributed by atoms with van der Waals surface area (Å²) in [5.41, 5.74) is 4.10. The Balaban J connectivity index is 1.41. The predicted molar refractivity (Wildman–Crippen MR) is 119 cm³/mol. The zero-order chi connectivity index (χ0) is 20.8. The molecule has 30 heavy (non-hydrogen) atoms. The molecule has 0 fully saturated rings. The maximum absolute atomic E-state index is 5.90. The molecule has 0 saturated heterocycles. The number of hydrogen-bond acceptors (Lipinski definition) is 5. The molecule has 0 bridgehead atoms. The normalized spacial score (nSPS) is 11.0. The van der Waals surface area contributed by atoms with Gasteiger partial charge in [0.15, 0.2) is 0 Å². The van der Waals surface area contributed by atoms with Gasteiger partial charge in [0.1, 0.15) is 5.75 Å². The van der Waals surface area contributed by atoms with E-state index in [9.17, 15) is 0 Å². The second-order valence-electron chi connectivity index (χ2n) is 7.39. The first-order valence-electron chi connectivity index (χ1n) is 10.1. The highest BCUT2D eigenvalue weighted by atomic mass is 16.5. The molecule has 5 nitrogen and oxygen atoms in total. The maximum Gasteiger partial charge on any atom is 0.248 e. The molecule has 4 aromatic rings. The summed E-state index contributed by atoms with van der Waals surface area (Å²) in [6.45, 7) is 1.70. The molecule has 0 saturated carbocycles. The summed E-state index contributed by atoms with van der Waals surface area (Å²) in [5, 5.41) is 8.42. The lowest BCUT2D eigenvalue weighted by atomic mass is 10.0. The Morgan fingerprint density at radius 2 is 1.23 bits per heavy atom. The standard InChI is InChI=1S/C25H25N3O2/c1-28(2)17-6-18-29-23-15-13-22(14-16-23)25-27-26-24(30-25)21-11-9-20(10-12-21)19-7-4-3-5-8-19/h3-5,7-16H,6,17-18H2,1-2H3. The number of hydrogen-bond donors (Lipinski definition) is 0.